The minimum atomic E-state index is -0.189. The number of ether oxygens (including phenoxy) is 2. The second-order valence-electron chi connectivity index (χ2n) is 7.03. The lowest BCUT2D eigenvalue weighted by Gasteiger charge is -2.12. The van der Waals surface area contributed by atoms with Gasteiger partial charge in [0.05, 0.1) is 25.5 Å². The highest BCUT2D eigenvalue weighted by atomic mass is 32.2. The molecule has 0 radical (unpaired) electrons. The number of H-pyrrole nitrogens is 1. The van der Waals surface area contributed by atoms with Gasteiger partial charge in [0.2, 0.25) is 5.91 Å². The van der Waals surface area contributed by atoms with E-state index in [1.165, 1.54) is 11.8 Å². The standard InChI is InChI=1S/C23H24N4O4S/c1-3-31-16-10-8-15(9-11-16)24-19(28)14-32-23-26-20-17-6-4-5-7-18(17)25-21(20)22(29)27(23)12-13-30-2/h4-11,25H,3,12-14H2,1-2H3,(H,24,28). The number of methoxy groups -OCH3 is 1. The van der Waals surface area contributed by atoms with Gasteiger partial charge in [0.25, 0.3) is 5.56 Å². The van der Waals surface area contributed by atoms with Gasteiger partial charge in [-0.25, -0.2) is 4.98 Å². The topological polar surface area (TPSA) is 98.2 Å². The van der Waals surface area contributed by atoms with E-state index in [0.717, 1.165) is 16.7 Å². The lowest BCUT2D eigenvalue weighted by atomic mass is 10.2. The number of para-hydroxylation sites is 1. The number of aromatic amines is 1. The van der Waals surface area contributed by atoms with Crippen LogP contribution in [0.15, 0.2) is 58.5 Å². The Morgan fingerprint density at radius 3 is 2.72 bits per heavy atom. The van der Waals surface area contributed by atoms with Crippen LogP contribution in [0.2, 0.25) is 0 Å². The Bertz CT molecular complexity index is 1300. The van der Waals surface area contributed by atoms with Crippen molar-refractivity contribution in [3.05, 3.63) is 58.9 Å². The zero-order valence-electron chi connectivity index (χ0n) is 17.9. The number of nitrogens with zero attached hydrogens (tertiary/aromatic N) is 2. The molecule has 2 heterocycles. The summed E-state index contributed by atoms with van der Waals surface area (Å²) < 4.78 is 12.1. The van der Waals surface area contributed by atoms with Crippen molar-refractivity contribution in [3.8, 4) is 5.75 Å². The van der Waals surface area contributed by atoms with Gasteiger partial charge in [-0.1, -0.05) is 30.0 Å². The van der Waals surface area contributed by atoms with Crippen molar-refractivity contribution in [2.45, 2.75) is 18.6 Å². The Hall–Kier alpha value is -3.30. The zero-order valence-corrected chi connectivity index (χ0v) is 18.7. The number of hydrogen-bond acceptors (Lipinski definition) is 6. The summed E-state index contributed by atoms with van der Waals surface area (Å²) in [6, 6.07) is 14.8. The molecule has 0 aliphatic heterocycles. The van der Waals surface area contributed by atoms with Crippen LogP contribution in [0.5, 0.6) is 5.75 Å². The molecular weight excluding hydrogens is 428 g/mol. The third-order valence-corrected chi connectivity index (χ3v) is 5.85. The lowest BCUT2D eigenvalue weighted by Crippen LogP contribution is -2.26. The first-order chi connectivity index (χ1) is 15.6. The van der Waals surface area contributed by atoms with E-state index in [1.807, 2.05) is 31.2 Å². The van der Waals surface area contributed by atoms with Crippen molar-refractivity contribution in [1.29, 1.82) is 0 Å². The number of benzene rings is 2. The normalized spacial score (nSPS) is 11.2. The molecular formula is C23H24N4O4S. The Morgan fingerprint density at radius 2 is 1.97 bits per heavy atom. The molecule has 0 aliphatic carbocycles. The molecule has 8 nitrogen and oxygen atoms in total. The fourth-order valence-electron chi connectivity index (χ4n) is 3.39. The number of rotatable bonds is 9. The maximum Gasteiger partial charge on any atom is 0.278 e. The molecule has 2 aromatic heterocycles. The molecule has 0 spiro atoms. The van der Waals surface area contributed by atoms with Crippen LogP contribution < -0.4 is 15.6 Å². The quantitative estimate of drug-likeness (QED) is 0.297. The van der Waals surface area contributed by atoms with Gasteiger partial charge in [-0.15, -0.1) is 0 Å². The number of amides is 1. The fourth-order valence-corrected chi connectivity index (χ4v) is 4.21. The van der Waals surface area contributed by atoms with Crippen LogP contribution >= 0.6 is 11.8 Å². The van der Waals surface area contributed by atoms with E-state index in [1.54, 1.807) is 35.9 Å². The van der Waals surface area contributed by atoms with Crippen molar-refractivity contribution >= 4 is 45.3 Å². The lowest BCUT2D eigenvalue weighted by molar-refractivity contribution is -0.113. The van der Waals surface area contributed by atoms with E-state index in [2.05, 4.69) is 10.3 Å². The summed E-state index contributed by atoms with van der Waals surface area (Å²) in [6.07, 6.45) is 0. The Balaban J connectivity index is 1.57. The molecule has 9 heteroatoms. The van der Waals surface area contributed by atoms with Crippen LogP contribution in [0.25, 0.3) is 21.9 Å². The molecule has 0 saturated heterocycles. The van der Waals surface area contributed by atoms with Gasteiger partial charge < -0.3 is 19.8 Å². The highest BCUT2D eigenvalue weighted by Crippen LogP contribution is 2.25. The average molecular weight is 453 g/mol. The van der Waals surface area contributed by atoms with Crippen molar-refractivity contribution in [2.24, 2.45) is 0 Å². The maximum absolute atomic E-state index is 13.2. The molecule has 0 aliphatic rings. The number of nitrogens with one attached hydrogen (secondary N) is 2. The van der Waals surface area contributed by atoms with E-state index in [0.29, 0.717) is 41.6 Å². The van der Waals surface area contributed by atoms with Gasteiger partial charge in [-0.2, -0.15) is 0 Å². The minimum Gasteiger partial charge on any atom is -0.494 e. The number of thioether (sulfide) groups is 1. The number of anilines is 1. The van der Waals surface area contributed by atoms with Gasteiger partial charge in [0.1, 0.15) is 16.8 Å². The Labute approximate surface area is 188 Å². The predicted molar refractivity (Wildman–Crippen MR) is 127 cm³/mol. The molecule has 2 N–H and O–H groups in total. The molecule has 1 amide bonds. The monoisotopic (exact) mass is 452 g/mol. The summed E-state index contributed by atoms with van der Waals surface area (Å²) in [5.74, 6) is 0.671. The summed E-state index contributed by atoms with van der Waals surface area (Å²) in [5, 5.41) is 4.21. The molecule has 32 heavy (non-hydrogen) atoms. The number of fused-ring (bicyclic) bond motifs is 3. The van der Waals surface area contributed by atoms with Crippen LogP contribution in [0, 0.1) is 0 Å². The number of aromatic nitrogens is 3. The van der Waals surface area contributed by atoms with E-state index in [4.69, 9.17) is 14.5 Å². The molecule has 0 saturated carbocycles. The van der Waals surface area contributed by atoms with Crippen LogP contribution in [0.1, 0.15) is 6.92 Å². The van der Waals surface area contributed by atoms with Crippen LogP contribution in [-0.2, 0) is 16.1 Å². The molecule has 4 rings (SSSR count). The number of carbonyl (C=O) groups is 1. The Kier molecular flexibility index (Phi) is 6.77. The van der Waals surface area contributed by atoms with Crippen molar-refractivity contribution in [3.63, 3.8) is 0 Å². The first-order valence-electron chi connectivity index (χ1n) is 10.3. The first kappa shape index (κ1) is 21.9. The van der Waals surface area contributed by atoms with Gasteiger partial charge >= 0.3 is 0 Å². The van der Waals surface area contributed by atoms with Gasteiger partial charge in [-0.3, -0.25) is 14.2 Å². The van der Waals surface area contributed by atoms with Gasteiger partial charge in [0, 0.05) is 23.7 Å². The van der Waals surface area contributed by atoms with E-state index >= 15 is 0 Å². The highest BCUT2D eigenvalue weighted by molar-refractivity contribution is 7.99. The molecule has 2 aromatic carbocycles. The second kappa shape index (κ2) is 9.88. The summed E-state index contributed by atoms with van der Waals surface area (Å²) in [4.78, 5) is 33.6. The predicted octanol–water partition coefficient (Wildman–Crippen LogP) is 3.65. The van der Waals surface area contributed by atoms with Crippen LogP contribution in [0.4, 0.5) is 5.69 Å². The van der Waals surface area contributed by atoms with Crippen LogP contribution in [0.3, 0.4) is 0 Å². The third-order valence-electron chi connectivity index (χ3n) is 4.88. The number of carbonyl (C=O) groups excluding carboxylic acids is 1. The summed E-state index contributed by atoms with van der Waals surface area (Å²) >= 11 is 1.22. The van der Waals surface area contributed by atoms with Gasteiger partial charge in [-0.05, 0) is 37.3 Å². The van der Waals surface area contributed by atoms with Crippen molar-refractivity contribution in [1.82, 2.24) is 14.5 Å². The third kappa shape index (κ3) is 4.63. The van der Waals surface area contributed by atoms with Gasteiger partial charge in [0.15, 0.2) is 5.16 Å². The summed E-state index contributed by atoms with van der Waals surface area (Å²) in [6.45, 7) is 3.21. The molecule has 4 aromatic rings. The number of hydrogen-bond donors (Lipinski definition) is 2. The summed E-state index contributed by atoms with van der Waals surface area (Å²) in [5.41, 5.74) is 2.40. The zero-order chi connectivity index (χ0) is 22.5. The SMILES string of the molecule is CCOc1ccc(NC(=O)CSc2nc3c([nH]c4ccccc43)c(=O)n2CCOC)cc1. The summed E-state index contributed by atoms with van der Waals surface area (Å²) in [7, 11) is 1.58. The first-order valence-corrected chi connectivity index (χ1v) is 11.2. The molecule has 0 fully saturated rings. The molecule has 166 valence electrons. The highest BCUT2D eigenvalue weighted by Gasteiger charge is 2.17. The minimum absolute atomic E-state index is 0.112. The van der Waals surface area contributed by atoms with E-state index in [-0.39, 0.29) is 17.2 Å². The van der Waals surface area contributed by atoms with Crippen LogP contribution in [-0.4, -0.2) is 46.5 Å². The van der Waals surface area contributed by atoms with Crippen molar-refractivity contribution < 1.29 is 14.3 Å². The maximum atomic E-state index is 13.2. The smallest absolute Gasteiger partial charge is 0.278 e. The fraction of sp³-hybridized carbons (Fsp3) is 0.261. The van der Waals surface area contributed by atoms with E-state index in [9.17, 15) is 9.59 Å². The molecule has 0 atom stereocenters. The average Bonchev–Trinajstić information content (AvgIpc) is 3.18. The molecule has 0 unspecified atom stereocenters. The largest absolute Gasteiger partial charge is 0.494 e. The second-order valence-corrected chi connectivity index (χ2v) is 7.97. The van der Waals surface area contributed by atoms with Crippen molar-refractivity contribution in [2.75, 3.05) is 31.4 Å². The Morgan fingerprint density at radius 1 is 1.19 bits per heavy atom. The molecule has 0 bridgehead atoms. The van der Waals surface area contributed by atoms with E-state index < -0.39 is 0 Å².